The van der Waals surface area contributed by atoms with Crippen LogP contribution in [-0.4, -0.2) is 82.4 Å². The number of likely N-dealkylation sites (tertiary alicyclic amines) is 1. The first-order valence-electron chi connectivity index (χ1n) is 10.6. The van der Waals surface area contributed by atoms with Crippen molar-refractivity contribution in [2.24, 2.45) is 4.99 Å². The Morgan fingerprint density at radius 2 is 1.87 bits per heavy atom. The number of amides is 1. The number of thioether (sulfide) groups is 1. The maximum absolute atomic E-state index is 12.8. The zero-order chi connectivity index (χ0) is 21.9. The smallest absolute Gasteiger partial charge is 0.435 e. The average molecular weight is 478 g/mol. The molecule has 11 heteroatoms. The number of nitrogens with zero attached hydrogens (tertiary/aromatic N) is 3. The van der Waals surface area contributed by atoms with E-state index in [1.54, 1.807) is 29.9 Å². The zero-order valence-electron chi connectivity index (χ0n) is 18.4. The fourth-order valence-corrected chi connectivity index (χ4v) is 5.64. The van der Waals surface area contributed by atoms with Crippen LogP contribution in [0.15, 0.2) is 4.99 Å². The molecule has 0 aliphatic carbocycles. The number of fused-ring (bicyclic) bond motifs is 1. The first-order valence-corrected chi connectivity index (χ1v) is 11.4. The predicted octanol–water partition coefficient (Wildman–Crippen LogP) is 2.81. The van der Waals surface area contributed by atoms with Crippen molar-refractivity contribution in [2.75, 3.05) is 19.7 Å². The first-order chi connectivity index (χ1) is 14.2. The number of esters is 1. The summed E-state index contributed by atoms with van der Waals surface area (Å²) in [6, 6.07) is -1.25. The van der Waals surface area contributed by atoms with Gasteiger partial charge in [0.15, 0.2) is 6.04 Å². The monoisotopic (exact) mass is 477 g/mol. The number of rotatable bonds is 6. The van der Waals surface area contributed by atoms with Crippen LogP contribution in [0.5, 0.6) is 0 Å². The van der Waals surface area contributed by atoms with Crippen LogP contribution in [0.2, 0.25) is 0 Å². The third kappa shape index (κ3) is 5.77. The Morgan fingerprint density at radius 3 is 2.48 bits per heavy atom. The molecule has 1 amide bonds. The first kappa shape index (κ1) is 25.6. The van der Waals surface area contributed by atoms with Gasteiger partial charge in [-0.05, 0) is 33.6 Å². The molecule has 0 aromatic carbocycles. The molecule has 9 nitrogen and oxygen atoms in total. The van der Waals surface area contributed by atoms with Crippen molar-refractivity contribution >= 4 is 48.5 Å². The molecule has 0 radical (unpaired) electrons. The molecule has 0 spiro atoms. The van der Waals surface area contributed by atoms with Gasteiger partial charge in [-0.25, -0.2) is 9.59 Å². The second-order valence-electron chi connectivity index (χ2n) is 8.22. The molecule has 3 rings (SSSR count). The van der Waals surface area contributed by atoms with E-state index in [1.807, 2.05) is 13.8 Å². The molecule has 176 valence electrons. The van der Waals surface area contributed by atoms with Gasteiger partial charge in [0, 0.05) is 24.8 Å². The van der Waals surface area contributed by atoms with Gasteiger partial charge in [-0.1, -0.05) is 12.8 Å². The van der Waals surface area contributed by atoms with Crippen molar-refractivity contribution in [3.8, 4) is 0 Å². The van der Waals surface area contributed by atoms with E-state index in [1.165, 1.54) is 19.8 Å². The number of aliphatic imine (C=N–C) groups is 1. The molecule has 31 heavy (non-hydrogen) atoms. The highest BCUT2D eigenvalue weighted by Gasteiger charge is 2.64. The van der Waals surface area contributed by atoms with Crippen LogP contribution >= 0.6 is 24.2 Å². The summed E-state index contributed by atoms with van der Waals surface area (Å²) in [5.74, 6) is -0.778. The van der Waals surface area contributed by atoms with Crippen molar-refractivity contribution < 1.29 is 28.6 Å². The molecule has 0 aromatic rings. The molecule has 0 N–H and O–H groups in total. The molecule has 3 heterocycles. The molecule has 4 atom stereocenters. The average Bonchev–Trinajstić information content (AvgIpc) is 2.81. The molecular formula is C20H32ClN3O6S. The second kappa shape index (κ2) is 10.8. The number of carbonyl (C=O) groups excluding carboxylic acids is 3. The number of ether oxygens (including phenoxy) is 3. The van der Waals surface area contributed by atoms with E-state index in [9.17, 15) is 14.4 Å². The van der Waals surface area contributed by atoms with Gasteiger partial charge in [-0.15, -0.1) is 24.2 Å². The van der Waals surface area contributed by atoms with Crippen molar-refractivity contribution in [3.63, 3.8) is 0 Å². The highest BCUT2D eigenvalue weighted by Crippen LogP contribution is 2.52. The summed E-state index contributed by atoms with van der Waals surface area (Å²) >= 11 is 1.55. The summed E-state index contributed by atoms with van der Waals surface area (Å²) in [5.41, 5.74) is 0. The Labute approximate surface area is 193 Å². The van der Waals surface area contributed by atoms with Crippen LogP contribution in [0.1, 0.15) is 53.4 Å². The van der Waals surface area contributed by atoms with Gasteiger partial charge in [0.05, 0.1) is 12.9 Å². The molecule has 3 saturated heterocycles. The maximum Gasteiger partial charge on any atom is 0.511 e. The highest BCUT2D eigenvalue weighted by molar-refractivity contribution is 8.01. The van der Waals surface area contributed by atoms with Crippen molar-refractivity contribution in [3.05, 3.63) is 0 Å². The van der Waals surface area contributed by atoms with Crippen LogP contribution in [0.25, 0.3) is 0 Å². The van der Waals surface area contributed by atoms with Gasteiger partial charge >= 0.3 is 12.1 Å². The molecule has 3 fully saturated rings. The minimum atomic E-state index is -1.11. The second-order valence-corrected chi connectivity index (χ2v) is 10.00. The lowest BCUT2D eigenvalue weighted by Crippen LogP contribution is -2.65. The van der Waals surface area contributed by atoms with Gasteiger partial charge < -0.3 is 24.0 Å². The van der Waals surface area contributed by atoms with Crippen molar-refractivity contribution in [1.82, 2.24) is 9.80 Å². The molecule has 0 saturated carbocycles. The Bertz CT molecular complexity index is 698. The van der Waals surface area contributed by atoms with Crippen LogP contribution in [0.3, 0.4) is 0 Å². The van der Waals surface area contributed by atoms with Gasteiger partial charge in [0.25, 0.3) is 5.91 Å². The third-order valence-electron chi connectivity index (χ3n) is 5.47. The summed E-state index contributed by atoms with van der Waals surface area (Å²) < 4.78 is 14.3. The number of hydrogen-bond acceptors (Lipinski definition) is 8. The molecular weight excluding hydrogens is 446 g/mol. The molecule has 0 bridgehead atoms. The van der Waals surface area contributed by atoms with Crippen molar-refractivity contribution in [2.45, 2.75) is 81.9 Å². The molecule has 1 unspecified atom stereocenters. The standard InChI is InChI=1S/C20H31N3O6S.ClH/c1-5-27-19(26)29-13(2)28-18(25)15-20(3,4)30-17-14(16(24)23(15)17)21-12-22-10-8-6-7-9-11-22;/h12-15,17H,5-11H2,1-4H3;1H/t13?,14-,15+,17-;/m1./s1. The summed E-state index contributed by atoms with van der Waals surface area (Å²) in [6.45, 7) is 8.99. The van der Waals surface area contributed by atoms with E-state index in [4.69, 9.17) is 9.47 Å². The number of hydrogen-bond donors (Lipinski definition) is 0. The van der Waals surface area contributed by atoms with E-state index in [0.29, 0.717) is 0 Å². The fraction of sp³-hybridized carbons (Fsp3) is 0.800. The maximum atomic E-state index is 12.8. The largest absolute Gasteiger partial charge is 0.511 e. The van der Waals surface area contributed by atoms with Crippen LogP contribution in [-0.2, 0) is 23.8 Å². The molecule has 3 aliphatic heterocycles. The third-order valence-corrected chi connectivity index (χ3v) is 7.03. The quantitative estimate of drug-likeness (QED) is 0.189. The van der Waals surface area contributed by atoms with Crippen molar-refractivity contribution in [1.29, 1.82) is 0 Å². The van der Waals surface area contributed by atoms with E-state index in [-0.39, 0.29) is 30.3 Å². The predicted molar refractivity (Wildman–Crippen MR) is 119 cm³/mol. The SMILES string of the molecule is CCOC(=O)OC(C)OC(=O)[C@@H]1N2C(=O)[C@@H](N=CN3CCCCCC3)[C@H]2SC1(C)C.Cl. The van der Waals surface area contributed by atoms with E-state index in [0.717, 1.165) is 25.9 Å². The summed E-state index contributed by atoms with van der Waals surface area (Å²) in [5, 5.41) is -0.199. The lowest BCUT2D eigenvalue weighted by molar-refractivity contribution is -0.180. The summed E-state index contributed by atoms with van der Waals surface area (Å²) in [6.07, 6.45) is 4.54. The summed E-state index contributed by atoms with van der Waals surface area (Å²) in [4.78, 5) is 45.3. The van der Waals surface area contributed by atoms with Gasteiger partial charge in [0.2, 0.25) is 6.29 Å². The number of carbonyl (C=O) groups is 3. The molecule has 0 aromatic heterocycles. The minimum Gasteiger partial charge on any atom is -0.435 e. The number of β-lactam (4-membered cyclic amide) rings is 1. The van der Waals surface area contributed by atoms with Gasteiger partial charge in [-0.2, -0.15) is 0 Å². The highest BCUT2D eigenvalue weighted by atomic mass is 35.5. The topological polar surface area (TPSA) is 97.7 Å². The normalized spacial score (nSPS) is 28.1. The van der Waals surface area contributed by atoms with E-state index < -0.39 is 35.2 Å². The van der Waals surface area contributed by atoms with Crippen LogP contribution in [0, 0.1) is 0 Å². The zero-order valence-corrected chi connectivity index (χ0v) is 20.1. The Balaban J connectivity index is 0.00000341. The van der Waals surface area contributed by atoms with Crippen LogP contribution < -0.4 is 0 Å². The van der Waals surface area contributed by atoms with E-state index >= 15 is 0 Å². The Hall–Kier alpha value is -1.68. The molecule has 3 aliphatic rings. The van der Waals surface area contributed by atoms with Gasteiger partial charge in [0.1, 0.15) is 11.4 Å². The van der Waals surface area contributed by atoms with Crippen LogP contribution in [0.4, 0.5) is 4.79 Å². The number of halogens is 1. The minimum absolute atomic E-state index is 0. The van der Waals surface area contributed by atoms with E-state index in [2.05, 4.69) is 14.6 Å². The fourth-order valence-electron chi connectivity index (χ4n) is 4.03. The Morgan fingerprint density at radius 1 is 1.23 bits per heavy atom. The lowest BCUT2D eigenvalue weighted by atomic mass is 9.96. The Kier molecular flexibility index (Phi) is 8.88. The van der Waals surface area contributed by atoms with Gasteiger partial charge in [-0.3, -0.25) is 9.79 Å². The lowest BCUT2D eigenvalue weighted by Gasteiger charge is -2.42. The summed E-state index contributed by atoms with van der Waals surface area (Å²) in [7, 11) is 0.